The molecule has 7 nitrogen and oxygen atoms in total. The smallest absolute Gasteiger partial charge is 0.270 e. The quantitative estimate of drug-likeness (QED) is 0.681. The number of anilines is 3. The molecule has 0 atom stereocenters. The highest BCUT2D eigenvalue weighted by Crippen LogP contribution is 2.24. The fraction of sp³-hybridized carbons (Fsp3) is 0.421. The molecule has 2 heterocycles. The Labute approximate surface area is 163 Å². The summed E-state index contributed by atoms with van der Waals surface area (Å²) in [6, 6.07) is 8.00. The first-order valence-electron chi connectivity index (χ1n) is 9.09. The topological polar surface area (TPSA) is 77.6 Å². The van der Waals surface area contributed by atoms with Crippen LogP contribution in [0.15, 0.2) is 29.6 Å². The third-order valence-electron chi connectivity index (χ3n) is 4.41. The van der Waals surface area contributed by atoms with Crippen LogP contribution in [0, 0.1) is 0 Å². The lowest BCUT2D eigenvalue weighted by molar-refractivity contribution is -0.127. The van der Waals surface area contributed by atoms with Gasteiger partial charge in [-0.1, -0.05) is 6.07 Å². The fourth-order valence-corrected chi connectivity index (χ4v) is 3.63. The number of rotatable bonds is 8. The average Bonchev–Trinajstić information content (AvgIpc) is 3.28. The van der Waals surface area contributed by atoms with Gasteiger partial charge < -0.3 is 20.4 Å². The maximum absolute atomic E-state index is 12.2. The molecular weight excluding hydrogens is 362 g/mol. The first-order chi connectivity index (χ1) is 13.0. The number of thiazole rings is 1. The van der Waals surface area contributed by atoms with Crippen LogP contribution in [0.25, 0.3) is 0 Å². The molecule has 3 rings (SSSR count). The van der Waals surface area contributed by atoms with E-state index in [0.717, 1.165) is 30.8 Å². The van der Waals surface area contributed by atoms with Crippen molar-refractivity contribution in [1.82, 2.24) is 15.2 Å². The van der Waals surface area contributed by atoms with Gasteiger partial charge in [0.05, 0.1) is 0 Å². The summed E-state index contributed by atoms with van der Waals surface area (Å²) in [5.74, 6) is 0.0315. The monoisotopic (exact) mass is 387 g/mol. The molecule has 1 aromatic carbocycles. The minimum atomic E-state index is -0.186. The third kappa shape index (κ3) is 5.19. The van der Waals surface area contributed by atoms with E-state index in [1.165, 1.54) is 11.3 Å². The highest BCUT2D eigenvalue weighted by molar-refractivity contribution is 7.14. The largest absolute Gasteiger partial charge is 0.378 e. The van der Waals surface area contributed by atoms with Crippen molar-refractivity contribution in [2.24, 2.45) is 0 Å². The lowest BCUT2D eigenvalue weighted by Gasteiger charge is -2.15. The molecule has 0 saturated carbocycles. The molecule has 0 bridgehead atoms. The Morgan fingerprint density at radius 1 is 1.37 bits per heavy atom. The van der Waals surface area contributed by atoms with E-state index in [1.807, 2.05) is 48.2 Å². The van der Waals surface area contributed by atoms with Crippen molar-refractivity contribution in [3.05, 3.63) is 35.3 Å². The number of carbonyl (C=O) groups excluding carboxylic acids is 2. The SMILES string of the molecule is CN(C)c1cccc(Nc2nc(C(=O)NCCCN3CCCC3=O)cs2)c1. The number of carbonyl (C=O) groups is 2. The summed E-state index contributed by atoms with van der Waals surface area (Å²) in [7, 11) is 3.98. The van der Waals surface area contributed by atoms with Crippen LogP contribution in [0.3, 0.4) is 0 Å². The Balaban J connectivity index is 1.47. The second kappa shape index (κ2) is 8.85. The first kappa shape index (κ1) is 19.2. The van der Waals surface area contributed by atoms with Gasteiger partial charge in [-0.2, -0.15) is 0 Å². The minimum absolute atomic E-state index is 0.186. The van der Waals surface area contributed by atoms with Gasteiger partial charge in [-0.25, -0.2) is 4.98 Å². The van der Waals surface area contributed by atoms with E-state index in [4.69, 9.17) is 0 Å². The van der Waals surface area contributed by atoms with Crippen molar-refractivity contribution >= 4 is 39.7 Å². The van der Waals surface area contributed by atoms with Crippen molar-refractivity contribution in [1.29, 1.82) is 0 Å². The van der Waals surface area contributed by atoms with E-state index in [9.17, 15) is 9.59 Å². The van der Waals surface area contributed by atoms with Crippen LogP contribution in [-0.2, 0) is 4.79 Å². The number of aromatic nitrogens is 1. The molecule has 1 aromatic heterocycles. The summed E-state index contributed by atoms with van der Waals surface area (Å²) in [5, 5.41) is 8.54. The Morgan fingerprint density at radius 3 is 2.96 bits per heavy atom. The highest BCUT2D eigenvalue weighted by Gasteiger charge is 2.19. The van der Waals surface area contributed by atoms with Crippen LogP contribution in [0.4, 0.5) is 16.5 Å². The molecule has 1 saturated heterocycles. The molecular formula is C19H25N5O2S. The van der Waals surface area contributed by atoms with E-state index in [1.54, 1.807) is 5.38 Å². The molecule has 2 aromatic rings. The van der Waals surface area contributed by atoms with Gasteiger partial charge in [-0.3, -0.25) is 9.59 Å². The van der Waals surface area contributed by atoms with Crippen LogP contribution < -0.4 is 15.5 Å². The maximum Gasteiger partial charge on any atom is 0.270 e. The molecule has 1 aliphatic heterocycles. The predicted octanol–water partition coefficient (Wildman–Crippen LogP) is 2.70. The molecule has 0 unspecified atom stereocenters. The minimum Gasteiger partial charge on any atom is -0.378 e. The molecule has 0 radical (unpaired) electrons. The van der Waals surface area contributed by atoms with E-state index < -0.39 is 0 Å². The molecule has 1 fully saturated rings. The molecule has 27 heavy (non-hydrogen) atoms. The summed E-state index contributed by atoms with van der Waals surface area (Å²) >= 11 is 1.40. The van der Waals surface area contributed by atoms with Crippen molar-refractivity contribution in [2.45, 2.75) is 19.3 Å². The fourth-order valence-electron chi connectivity index (χ4n) is 2.92. The Bertz CT molecular complexity index is 805. The van der Waals surface area contributed by atoms with Crippen LogP contribution in [0.5, 0.6) is 0 Å². The standard InChI is InChI=1S/C19H25N5O2S/c1-23(2)15-7-3-6-14(12-15)21-19-22-16(13-27-19)18(26)20-9-5-11-24-10-4-8-17(24)25/h3,6-7,12-13H,4-5,8-11H2,1-2H3,(H,20,26)(H,21,22). The van der Waals surface area contributed by atoms with Gasteiger partial charge in [0.1, 0.15) is 5.69 Å². The Morgan fingerprint density at radius 2 is 2.22 bits per heavy atom. The summed E-state index contributed by atoms with van der Waals surface area (Å²) in [6.45, 7) is 2.07. The average molecular weight is 388 g/mol. The number of amides is 2. The zero-order chi connectivity index (χ0) is 19.2. The van der Waals surface area contributed by atoms with Gasteiger partial charge in [0, 0.05) is 56.9 Å². The lowest BCUT2D eigenvalue weighted by atomic mass is 10.2. The van der Waals surface area contributed by atoms with Gasteiger partial charge in [-0.15, -0.1) is 11.3 Å². The Kier molecular flexibility index (Phi) is 6.28. The molecule has 144 valence electrons. The molecule has 0 aliphatic carbocycles. The van der Waals surface area contributed by atoms with Crippen LogP contribution >= 0.6 is 11.3 Å². The Hall–Kier alpha value is -2.61. The molecule has 2 amide bonds. The number of hydrogen-bond donors (Lipinski definition) is 2. The van der Waals surface area contributed by atoms with Gasteiger partial charge in [0.2, 0.25) is 5.91 Å². The molecule has 0 spiro atoms. The van der Waals surface area contributed by atoms with Crippen molar-refractivity contribution in [2.75, 3.05) is 43.9 Å². The van der Waals surface area contributed by atoms with Crippen LogP contribution in [0.1, 0.15) is 29.8 Å². The summed E-state index contributed by atoms with van der Waals surface area (Å²) in [4.78, 5) is 32.0. The summed E-state index contributed by atoms with van der Waals surface area (Å²) < 4.78 is 0. The van der Waals surface area contributed by atoms with Crippen molar-refractivity contribution in [3.63, 3.8) is 0 Å². The highest BCUT2D eigenvalue weighted by atomic mass is 32.1. The predicted molar refractivity (Wildman–Crippen MR) is 109 cm³/mol. The van der Waals surface area contributed by atoms with E-state index >= 15 is 0 Å². The van der Waals surface area contributed by atoms with E-state index in [0.29, 0.717) is 30.3 Å². The normalized spacial score (nSPS) is 13.7. The van der Waals surface area contributed by atoms with Gasteiger partial charge in [0.25, 0.3) is 5.91 Å². The van der Waals surface area contributed by atoms with Crippen LogP contribution in [-0.4, -0.2) is 55.4 Å². The van der Waals surface area contributed by atoms with Crippen molar-refractivity contribution < 1.29 is 9.59 Å². The number of nitrogens with zero attached hydrogens (tertiary/aromatic N) is 3. The molecule has 8 heteroatoms. The number of hydrogen-bond acceptors (Lipinski definition) is 6. The van der Waals surface area contributed by atoms with Gasteiger partial charge in [0.15, 0.2) is 5.13 Å². The lowest BCUT2D eigenvalue weighted by Crippen LogP contribution is -2.30. The van der Waals surface area contributed by atoms with E-state index in [-0.39, 0.29) is 11.8 Å². The second-order valence-corrected chi connectivity index (χ2v) is 7.56. The van der Waals surface area contributed by atoms with Crippen molar-refractivity contribution in [3.8, 4) is 0 Å². The number of nitrogens with one attached hydrogen (secondary N) is 2. The second-order valence-electron chi connectivity index (χ2n) is 6.70. The maximum atomic E-state index is 12.2. The number of likely N-dealkylation sites (tertiary alicyclic amines) is 1. The molecule has 2 N–H and O–H groups in total. The summed E-state index contributed by atoms with van der Waals surface area (Å²) in [6.07, 6.45) is 2.35. The van der Waals surface area contributed by atoms with Gasteiger partial charge in [-0.05, 0) is 31.0 Å². The third-order valence-corrected chi connectivity index (χ3v) is 5.17. The van der Waals surface area contributed by atoms with E-state index in [2.05, 4.69) is 15.6 Å². The first-order valence-corrected chi connectivity index (χ1v) is 9.97. The zero-order valence-corrected chi connectivity index (χ0v) is 16.5. The summed E-state index contributed by atoms with van der Waals surface area (Å²) in [5.41, 5.74) is 2.42. The van der Waals surface area contributed by atoms with Gasteiger partial charge >= 0.3 is 0 Å². The zero-order valence-electron chi connectivity index (χ0n) is 15.7. The number of benzene rings is 1. The van der Waals surface area contributed by atoms with Crippen LogP contribution in [0.2, 0.25) is 0 Å². The molecule has 1 aliphatic rings.